The van der Waals surface area contributed by atoms with Crippen LogP contribution >= 0.6 is 12.6 Å². The molecule has 0 radical (unpaired) electrons. The van der Waals surface area contributed by atoms with Crippen molar-refractivity contribution in [3.8, 4) is 0 Å². The number of nitrogens with one attached hydrogen (secondary N) is 1. The van der Waals surface area contributed by atoms with Crippen molar-refractivity contribution in [2.45, 2.75) is 40.2 Å². The predicted molar refractivity (Wildman–Crippen MR) is 74.8 cm³/mol. The number of rotatable bonds is 6. The van der Waals surface area contributed by atoms with Gasteiger partial charge in [-0.25, -0.2) is 0 Å². The molecule has 0 aromatic carbocycles. The van der Waals surface area contributed by atoms with Gasteiger partial charge in [0, 0.05) is 19.2 Å². The maximum Gasteiger partial charge on any atom is 0.308 e. The fourth-order valence-electron chi connectivity index (χ4n) is 1.08. The fraction of sp³-hybridized carbons (Fsp3) is 0.833. The topological polar surface area (TPSA) is 86.6 Å². The molecule has 108 valence electrons. The Morgan fingerprint density at radius 3 is 2.00 bits per heavy atom. The first-order chi connectivity index (χ1) is 8.22. The molecule has 0 spiro atoms. The molecule has 0 fully saturated rings. The van der Waals surface area contributed by atoms with Crippen LogP contribution in [0.15, 0.2) is 0 Å². The number of aliphatic carboxylic acids is 1. The number of aliphatic hydroxyl groups is 1. The third kappa shape index (κ3) is 13.3. The molecule has 0 aliphatic rings. The second-order valence-electron chi connectivity index (χ2n) is 4.53. The summed E-state index contributed by atoms with van der Waals surface area (Å²) < 4.78 is 0. The summed E-state index contributed by atoms with van der Waals surface area (Å²) >= 11 is 3.88. The quantitative estimate of drug-likeness (QED) is 0.550. The molecule has 2 unspecified atom stereocenters. The molecule has 0 saturated heterocycles. The van der Waals surface area contributed by atoms with Gasteiger partial charge < -0.3 is 15.5 Å². The molecule has 6 heteroatoms. The van der Waals surface area contributed by atoms with E-state index in [0.29, 0.717) is 24.6 Å². The van der Waals surface area contributed by atoms with E-state index >= 15 is 0 Å². The van der Waals surface area contributed by atoms with Crippen LogP contribution in [0, 0.1) is 11.8 Å². The lowest BCUT2D eigenvalue weighted by Gasteiger charge is -2.16. The number of aliphatic hydroxyl groups excluding tert-OH is 1. The molecule has 0 bridgehead atoms. The lowest BCUT2D eigenvalue weighted by Crippen LogP contribution is -2.26. The number of thiol groups is 1. The molecular weight excluding hydrogens is 254 g/mol. The van der Waals surface area contributed by atoms with Crippen molar-refractivity contribution in [2.75, 3.05) is 12.3 Å². The molecule has 0 saturated carbocycles. The minimum absolute atomic E-state index is 0.00838. The zero-order chi connectivity index (χ0) is 14.7. The minimum Gasteiger partial charge on any atom is -0.481 e. The number of hydrogen-bond acceptors (Lipinski definition) is 4. The van der Waals surface area contributed by atoms with Gasteiger partial charge in [0.2, 0.25) is 5.91 Å². The standard InChI is InChI=1S/C8H16O3.C4H9NOS/c1-5(2)4-7(9)6(3)8(10)11;1-4(6)5-2-3-7/h5-7,9H,4H2,1-3H3,(H,10,11);7H,2-3H2,1H3,(H,5,6). The highest BCUT2D eigenvalue weighted by Gasteiger charge is 2.21. The highest BCUT2D eigenvalue weighted by molar-refractivity contribution is 7.80. The number of carboxylic acid groups (broad SMARTS) is 1. The van der Waals surface area contributed by atoms with E-state index in [4.69, 9.17) is 5.11 Å². The van der Waals surface area contributed by atoms with E-state index < -0.39 is 18.0 Å². The first-order valence-electron chi connectivity index (χ1n) is 5.98. The molecule has 3 N–H and O–H groups in total. The summed E-state index contributed by atoms with van der Waals surface area (Å²) in [6, 6.07) is 0. The average Bonchev–Trinajstić information content (AvgIpc) is 2.24. The molecule has 5 nitrogen and oxygen atoms in total. The molecule has 0 aliphatic carbocycles. The van der Waals surface area contributed by atoms with Crippen LogP contribution in [0.3, 0.4) is 0 Å². The van der Waals surface area contributed by atoms with Gasteiger partial charge in [-0.05, 0) is 19.3 Å². The molecule has 18 heavy (non-hydrogen) atoms. The van der Waals surface area contributed by atoms with Crippen molar-refractivity contribution in [1.29, 1.82) is 0 Å². The van der Waals surface area contributed by atoms with E-state index in [-0.39, 0.29) is 5.91 Å². The Balaban J connectivity index is 0. The first-order valence-corrected chi connectivity index (χ1v) is 6.61. The smallest absolute Gasteiger partial charge is 0.308 e. The fourth-order valence-corrected chi connectivity index (χ4v) is 1.20. The van der Waals surface area contributed by atoms with E-state index in [0.717, 1.165) is 0 Å². The number of carbonyl (C=O) groups is 2. The monoisotopic (exact) mass is 279 g/mol. The molecule has 0 aromatic rings. The Bertz CT molecular complexity index is 246. The van der Waals surface area contributed by atoms with Crippen molar-refractivity contribution in [2.24, 2.45) is 11.8 Å². The van der Waals surface area contributed by atoms with Crippen LogP contribution in [0.4, 0.5) is 0 Å². The van der Waals surface area contributed by atoms with Gasteiger partial charge in [-0.15, -0.1) is 0 Å². The molecule has 0 heterocycles. The van der Waals surface area contributed by atoms with Gasteiger partial charge in [-0.3, -0.25) is 9.59 Å². The normalized spacial score (nSPS) is 13.3. The van der Waals surface area contributed by atoms with Crippen LogP contribution in [0.2, 0.25) is 0 Å². The molecule has 1 amide bonds. The van der Waals surface area contributed by atoms with Crippen LogP contribution in [-0.2, 0) is 9.59 Å². The van der Waals surface area contributed by atoms with E-state index in [1.54, 1.807) is 0 Å². The van der Waals surface area contributed by atoms with Crippen LogP contribution in [0.1, 0.15) is 34.1 Å². The number of carboxylic acids is 1. The van der Waals surface area contributed by atoms with Gasteiger partial charge in [0.15, 0.2) is 0 Å². The lowest BCUT2D eigenvalue weighted by molar-refractivity contribution is -0.145. The van der Waals surface area contributed by atoms with E-state index in [1.807, 2.05) is 13.8 Å². The van der Waals surface area contributed by atoms with Gasteiger partial charge in [-0.1, -0.05) is 13.8 Å². The predicted octanol–water partition coefficient (Wildman–Crippen LogP) is 1.17. The van der Waals surface area contributed by atoms with Gasteiger partial charge in [0.25, 0.3) is 0 Å². The Morgan fingerprint density at radius 1 is 1.28 bits per heavy atom. The first kappa shape index (κ1) is 19.6. The maximum absolute atomic E-state index is 10.4. The number of hydrogen-bond donors (Lipinski definition) is 4. The Morgan fingerprint density at radius 2 is 1.78 bits per heavy atom. The summed E-state index contributed by atoms with van der Waals surface area (Å²) in [6.07, 6.45) is -0.166. The highest BCUT2D eigenvalue weighted by atomic mass is 32.1. The number of amides is 1. The van der Waals surface area contributed by atoms with E-state index in [1.165, 1.54) is 13.8 Å². The summed E-state index contributed by atoms with van der Waals surface area (Å²) in [4.78, 5) is 20.4. The Labute approximate surface area is 114 Å². The maximum atomic E-state index is 10.4. The van der Waals surface area contributed by atoms with Crippen molar-refractivity contribution in [1.82, 2.24) is 5.32 Å². The molecule has 0 aromatic heterocycles. The van der Waals surface area contributed by atoms with Gasteiger partial charge in [0.1, 0.15) is 0 Å². The van der Waals surface area contributed by atoms with E-state index in [9.17, 15) is 14.7 Å². The summed E-state index contributed by atoms with van der Waals surface area (Å²) in [5, 5.41) is 20.4. The SMILES string of the molecule is CC(=O)NCCS.CC(C)CC(O)C(C)C(=O)O. The van der Waals surface area contributed by atoms with Crippen LogP contribution in [0.25, 0.3) is 0 Å². The lowest BCUT2D eigenvalue weighted by atomic mass is 9.96. The van der Waals surface area contributed by atoms with Gasteiger partial charge >= 0.3 is 5.97 Å². The zero-order valence-electron chi connectivity index (χ0n) is 11.5. The summed E-state index contributed by atoms with van der Waals surface area (Å²) in [6.45, 7) is 7.59. The van der Waals surface area contributed by atoms with Crippen molar-refractivity contribution in [3.63, 3.8) is 0 Å². The minimum atomic E-state index is -0.932. The van der Waals surface area contributed by atoms with Crippen LogP contribution in [0.5, 0.6) is 0 Å². The molecule has 0 rings (SSSR count). The largest absolute Gasteiger partial charge is 0.481 e. The average molecular weight is 279 g/mol. The van der Waals surface area contributed by atoms with Crippen LogP contribution < -0.4 is 5.32 Å². The van der Waals surface area contributed by atoms with Crippen LogP contribution in [-0.4, -0.2) is 40.5 Å². The summed E-state index contributed by atoms with van der Waals surface area (Å²) in [7, 11) is 0. The molecular formula is C12H25NO4S. The van der Waals surface area contributed by atoms with Crippen molar-refractivity contribution in [3.05, 3.63) is 0 Å². The molecule has 2 atom stereocenters. The zero-order valence-corrected chi connectivity index (χ0v) is 12.4. The Kier molecular flexibility index (Phi) is 12.3. The Hall–Kier alpha value is -0.750. The van der Waals surface area contributed by atoms with Gasteiger partial charge in [-0.2, -0.15) is 12.6 Å². The molecule has 0 aliphatic heterocycles. The number of carbonyl (C=O) groups excluding carboxylic acids is 1. The van der Waals surface area contributed by atoms with E-state index in [2.05, 4.69) is 17.9 Å². The van der Waals surface area contributed by atoms with Crippen molar-refractivity contribution >= 4 is 24.5 Å². The van der Waals surface area contributed by atoms with Gasteiger partial charge in [0.05, 0.1) is 12.0 Å². The summed E-state index contributed by atoms with van der Waals surface area (Å²) in [5.41, 5.74) is 0. The third-order valence-electron chi connectivity index (χ3n) is 2.17. The second-order valence-corrected chi connectivity index (χ2v) is 4.98. The third-order valence-corrected chi connectivity index (χ3v) is 2.39. The summed E-state index contributed by atoms with van der Waals surface area (Å²) in [5.74, 6) is -0.532. The highest BCUT2D eigenvalue weighted by Crippen LogP contribution is 2.12. The van der Waals surface area contributed by atoms with Crippen molar-refractivity contribution < 1.29 is 19.8 Å². The second kappa shape index (κ2) is 11.3.